The Balaban J connectivity index is 1.87. The Kier molecular flexibility index (Phi) is 4.32. The molecule has 0 spiro atoms. The molecule has 2 atom stereocenters. The maximum atomic E-state index is 10.7. The van der Waals surface area contributed by atoms with Crippen LogP contribution in [0, 0.1) is 0 Å². The number of hydrogen-bond acceptors (Lipinski definition) is 3. The van der Waals surface area contributed by atoms with Crippen LogP contribution in [0.5, 0.6) is 5.75 Å². The van der Waals surface area contributed by atoms with Crippen LogP contribution in [0.15, 0.2) is 18.2 Å². The lowest BCUT2D eigenvalue weighted by Gasteiger charge is -2.13. The fourth-order valence-electron chi connectivity index (χ4n) is 1.78. The Morgan fingerprint density at radius 1 is 1.44 bits per heavy atom. The van der Waals surface area contributed by atoms with Gasteiger partial charge in [0.25, 0.3) is 0 Å². The first-order chi connectivity index (χ1) is 8.56. The van der Waals surface area contributed by atoms with Crippen molar-refractivity contribution in [3.05, 3.63) is 28.2 Å². The average molecular weight is 291 g/mol. The lowest BCUT2D eigenvalue weighted by atomic mass is 10.2. The predicted molar refractivity (Wildman–Crippen MR) is 67.5 cm³/mol. The van der Waals surface area contributed by atoms with E-state index in [1.165, 1.54) is 0 Å². The molecule has 6 heteroatoms. The van der Waals surface area contributed by atoms with Gasteiger partial charge in [-0.3, -0.25) is 0 Å². The summed E-state index contributed by atoms with van der Waals surface area (Å²) in [4.78, 5) is 10.7. The van der Waals surface area contributed by atoms with Gasteiger partial charge >= 0.3 is 5.97 Å². The molecule has 2 unspecified atom stereocenters. The maximum absolute atomic E-state index is 10.7. The summed E-state index contributed by atoms with van der Waals surface area (Å²) in [5.74, 6) is -0.412. The Labute approximate surface area is 114 Å². The zero-order chi connectivity index (χ0) is 13.1. The minimum atomic E-state index is -0.929. The first-order valence-corrected chi connectivity index (χ1v) is 6.28. The molecule has 1 aromatic carbocycles. The number of carbonyl (C=O) groups is 1. The Morgan fingerprint density at radius 3 is 2.83 bits per heavy atom. The van der Waals surface area contributed by atoms with Crippen molar-refractivity contribution in [2.45, 2.75) is 25.0 Å². The van der Waals surface area contributed by atoms with E-state index in [2.05, 4.69) is 0 Å². The third-order valence-corrected chi connectivity index (χ3v) is 3.23. The van der Waals surface area contributed by atoms with Gasteiger partial charge in [-0.15, -0.1) is 0 Å². The molecule has 1 fully saturated rings. The SMILES string of the molecule is O=C(O)C1CCC(COc2ccc(Cl)cc2Cl)O1. The summed E-state index contributed by atoms with van der Waals surface area (Å²) in [7, 11) is 0. The van der Waals surface area contributed by atoms with Crippen molar-refractivity contribution in [2.24, 2.45) is 0 Å². The van der Waals surface area contributed by atoms with Gasteiger partial charge in [-0.2, -0.15) is 0 Å². The summed E-state index contributed by atoms with van der Waals surface area (Å²) in [6.07, 6.45) is 0.247. The van der Waals surface area contributed by atoms with Crippen molar-refractivity contribution in [2.75, 3.05) is 6.61 Å². The molecule has 1 heterocycles. The van der Waals surface area contributed by atoms with Gasteiger partial charge in [0.15, 0.2) is 6.10 Å². The molecule has 0 aliphatic carbocycles. The number of benzene rings is 1. The van der Waals surface area contributed by atoms with Crippen molar-refractivity contribution >= 4 is 29.2 Å². The summed E-state index contributed by atoms with van der Waals surface area (Å²) in [5, 5.41) is 9.75. The van der Waals surface area contributed by atoms with Crippen LogP contribution in [0.2, 0.25) is 10.0 Å². The standard InChI is InChI=1S/C12H12Cl2O4/c13-7-1-3-10(9(14)5-7)17-6-8-2-4-11(18-8)12(15)16/h1,3,5,8,11H,2,4,6H2,(H,15,16). The summed E-state index contributed by atoms with van der Waals surface area (Å²) < 4.78 is 10.8. The van der Waals surface area contributed by atoms with Crippen molar-refractivity contribution < 1.29 is 19.4 Å². The molecule has 0 saturated carbocycles. The van der Waals surface area contributed by atoms with Gasteiger partial charge in [-0.05, 0) is 31.0 Å². The Hall–Kier alpha value is -0.970. The normalized spacial score (nSPS) is 23.0. The van der Waals surface area contributed by atoms with Crippen LogP contribution in [0.1, 0.15) is 12.8 Å². The second-order valence-electron chi connectivity index (χ2n) is 4.05. The quantitative estimate of drug-likeness (QED) is 0.926. The van der Waals surface area contributed by atoms with Gasteiger partial charge in [-0.25, -0.2) is 4.79 Å². The molecular formula is C12H12Cl2O4. The molecule has 2 rings (SSSR count). The largest absolute Gasteiger partial charge is 0.489 e. The second-order valence-corrected chi connectivity index (χ2v) is 4.89. The number of ether oxygens (including phenoxy) is 2. The van der Waals surface area contributed by atoms with Crippen LogP contribution in [0.25, 0.3) is 0 Å². The molecule has 0 aromatic heterocycles. The smallest absolute Gasteiger partial charge is 0.332 e. The molecule has 0 bridgehead atoms. The van der Waals surface area contributed by atoms with E-state index < -0.39 is 12.1 Å². The van der Waals surface area contributed by atoms with Gasteiger partial charge in [0.2, 0.25) is 0 Å². The molecule has 1 N–H and O–H groups in total. The van der Waals surface area contributed by atoms with Crippen LogP contribution in [-0.4, -0.2) is 29.9 Å². The van der Waals surface area contributed by atoms with Crippen molar-refractivity contribution in [3.8, 4) is 5.75 Å². The second kappa shape index (κ2) is 5.78. The molecule has 4 nitrogen and oxygen atoms in total. The van der Waals surface area contributed by atoms with Gasteiger partial charge < -0.3 is 14.6 Å². The minimum absolute atomic E-state index is 0.210. The highest BCUT2D eigenvalue weighted by atomic mass is 35.5. The third kappa shape index (κ3) is 3.28. The molecule has 1 saturated heterocycles. The summed E-state index contributed by atoms with van der Waals surface area (Å²) in [5.41, 5.74) is 0. The molecule has 1 aliphatic rings. The van der Waals surface area contributed by atoms with Gasteiger partial charge in [0, 0.05) is 5.02 Å². The van der Waals surface area contributed by atoms with E-state index in [9.17, 15) is 4.79 Å². The molecule has 1 aromatic rings. The molecule has 98 valence electrons. The molecule has 0 amide bonds. The molecule has 1 aliphatic heterocycles. The van der Waals surface area contributed by atoms with Crippen LogP contribution in [0.4, 0.5) is 0 Å². The van der Waals surface area contributed by atoms with E-state index in [4.69, 9.17) is 37.8 Å². The maximum Gasteiger partial charge on any atom is 0.332 e. The first kappa shape index (κ1) is 13.5. The summed E-state index contributed by atoms with van der Waals surface area (Å²) in [6.45, 7) is 0.283. The molecule has 18 heavy (non-hydrogen) atoms. The predicted octanol–water partition coefficient (Wildman–Crippen LogP) is 3.00. The lowest BCUT2D eigenvalue weighted by Crippen LogP contribution is -2.23. The topological polar surface area (TPSA) is 55.8 Å². The van der Waals surface area contributed by atoms with E-state index >= 15 is 0 Å². The Bertz CT molecular complexity index is 450. The van der Waals surface area contributed by atoms with E-state index in [-0.39, 0.29) is 12.7 Å². The van der Waals surface area contributed by atoms with E-state index in [1.54, 1.807) is 18.2 Å². The van der Waals surface area contributed by atoms with Crippen LogP contribution in [-0.2, 0) is 9.53 Å². The Morgan fingerprint density at radius 2 is 2.22 bits per heavy atom. The van der Waals surface area contributed by atoms with Crippen LogP contribution in [0.3, 0.4) is 0 Å². The number of carboxylic acids is 1. The fourth-order valence-corrected chi connectivity index (χ4v) is 2.25. The molecule has 0 radical (unpaired) electrons. The number of hydrogen-bond donors (Lipinski definition) is 1. The highest BCUT2D eigenvalue weighted by molar-refractivity contribution is 6.35. The van der Waals surface area contributed by atoms with Crippen LogP contribution < -0.4 is 4.74 Å². The number of halogens is 2. The van der Waals surface area contributed by atoms with Crippen LogP contribution >= 0.6 is 23.2 Å². The average Bonchev–Trinajstić information content (AvgIpc) is 2.76. The number of rotatable bonds is 4. The van der Waals surface area contributed by atoms with E-state index in [0.29, 0.717) is 28.6 Å². The van der Waals surface area contributed by atoms with Crippen molar-refractivity contribution in [1.82, 2.24) is 0 Å². The molecular weight excluding hydrogens is 279 g/mol. The number of carboxylic acid groups (broad SMARTS) is 1. The van der Waals surface area contributed by atoms with E-state index in [1.807, 2.05) is 0 Å². The van der Waals surface area contributed by atoms with Crippen molar-refractivity contribution in [3.63, 3.8) is 0 Å². The first-order valence-electron chi connectivity index (χ1n) is 5.52. The summed E-state index contributed by atoms with van der Waals surface area (Å²) >= 11 is 11.7. The minimum Gasteiger partial charge on any atom is -0.489 e. The highest BCUT2D eigenvalue weighted by Crippen LogP contribution is 2.28. The third-order valence-electron chi connectivity index (χ3n) is 2.70. The summed E-state index contributed by atoms with van der Waals surface area (Å²) in [6, 6.07) is 4.95. The zero-order valence-electron chi connectivity index (χ0n) is 9.44. The monoisotopic (exact) mass is 290 g/mol. The van der Waals surface area contributed by atoms with Gasteiger partial charge in [-0.1, -0.05) is 23.2 Å². The number of aliphatic carboxylic acids is 1. The lowest BCUT2D eigenvalue weighted by molar-refractivity contribution is -0.149. The van der Waals surface area contributed by atoms with E-state index in [0.717, 1.165) is 0 Å². The fraction of sp³-hybridized carbons (Fsp3) is 0.417. The van der Waals surface area contributed by atoms with Gasteiger partial charge in [0.1, 0.15) is 12.4 Å². The van der Waals surface area contributed by atoms with Gasteiger partial charge in [0.05, 0.1) is 11.1 Å². The zero-order valence-corrected chi connectivity index (χ0v) is 10.9. The highest BCUT2D eigenvalue weighted by Gasteiger charge is 2.30. The van der Waals surface area contributed by atoms with Crippen molar-refractivity contribution in [1.29, 1.82) is 0 Å².